The Hall–Kier alpha value is -2.19. The summed E-state index contributed by atoms with van der Waals surface area (Å²) < 4.78 is 30.9. The van der Waals surface area contributed by atoms with E-state index in [9.17, 15) is 18.0 Å². The first kappa shape index (κ1) is 16.9. The largest absolute Gasteiger partial charge is 0.449 e. The lowest BCUT2D eigenvalue weighted by atomic mass is 10.2. The predicted octanol–water partition coefficient (Wildman–Crippen LogP) is 0.182. The van der Waals surface area contributed by atoms with Gasteiger partial charge in [0.1, 0.15) is 0 Å². The number of nitrogens with one attached hydrogen (secondary N) is 1. The van der Waals surface area contributed by atoms with Gasteiger partial charge in [0.2, 0.25) is 10.0 Å². The Bertz CT molecular complexity index is 654. The van der Waals surface area contributed by atoms with Crippen LogP contribution in [0.25, 0.3) is 0 Å². The Labute approximate surface area is 122 Å². The molecule has 0 fully saturated rings. The normalized spacial score (nSPS) is 12.4. The molecule has 21 heavy (non-hydrogen) atoms. The third kappa shape index (κ3) is 4.69. The van der Waals surface area contributed by atoms with Crippen LogP contribution in [-0.2, 0) is 19.6 Å². The molecule has 0 heterocycles. The number of primary amides is 1. The lowest BCUT2D eigenvalue weighted by molar-refractivity contribution is -0.125. The average Bonchev–Trinajstić information content (AvgIpc) is 2.45. The van der Waals surface area contributed by atoms with Crippen molar-refractivity contribution in [3.63, 3.8) is 0 Å². The summed E-state index contributed by atoms with van der Waals surface area (Å²) in [5.74, 6) is -1.62. The summed E-state index contributed by atoms with van der Waals surface area (Å²) in [6.07, 6.45) is 0.293. The van der Waals surface area contributed by atoms with Crippen molar-refractivity contribution >= 4 is 21.9 Å². The molecule has 0 aromatic heterocycles. The number of esters is 1. The summed E-state index contributed by atoms with van der Waals surface area (Å²) in [6.45, 7) is 4.80. The molecule has 0 spiro atoms. The van der Waals surface area contributed by atoms with Crippen molar-refractivity contribution < 1.29 is 22.7 Å². The molecular formula is C13H16N2O5S. The van der Waals surface area contributed by atoms with Crippen LogP contribution in [0.1, 0.15) is 17.3 Å². The van der Waals surface area contributed by atoms with Crippen LogP contribution in [0.5, 0.6) is 0 Å². The maximum absolute atomic E-state index is 11.9. The van der Waals surface area contributed by atoms with Gasteiger partial charge in [-0.15, -0.1) is 6.58 Å². The number of carbonyl (C=O) groups is 2. The molecule has 1 aromatic rings. The van der Waals surface area contributed by atoms with Gasteiger partial charge < -0.3 is 10.5 Å². The fourth-order valence-electron chi connectivity index (χ4n) is 1.33. The first-order valence-corrected chi connectivity index (χ1v) is 7.47. The molecule has 1 rings (SSSR count). The summed E-state index contributed by atoms with van der Waals surface area (Å²) in [4.78, 5) is 22.5. The van der Waals surface area contributed by atoms with E-state index in [2.05, 4.69) is 11.3 Å². The SMILES string of the molecule is C=CCNS(=O)(=O)c1cccc(C(=O)O[C@@H](C)C(N)=O)c1. The average molecular weight is 312 g/mol. The van der Waals surface area contributed by atoms with Crippen molar-refractivity contribution in [2.24, 2.45) is 5.73 Å². The van der Waals surface area contributed by atoms with Crippen molar-refractivity contribution in [2.75, 3.05) is 6.54 Å². The number of benzene rings is 1. The van der Waals surface area contributed by atoms with Crippen LogP contribution >= 0.6 is 0 Å². The first-order valence-electron chi connectivity index (χ1n) is 5.99. The van der Waals surface area contributed by atoms with Gasteiger partial charge in [-0.05, 0) is 25.1 Å². The molecule has 0 aliphatic carbocycles. The van der Waals surface area contributed by atoms with Crippen LogP contribution in [0.3, 0.4) is 0 Å². The van der Waals surface area contributed by atoms with E-state index in [1.807, 2.05) is 0 Å². The Kier molecular flexibility index (Phi) is 5.62. The van der Waals surface area contributed by atoms with Crippen molar-refractivity contribution in [1.29, 1.82) is 0 Å². The molecule has 0 saturated carbocycles. The van der Waals surface area contributed by atoms with Crippen molar-refractivity contribution in [3.05, 3.63) is 42.5 Å². The minimum absolute atomic E-state index is 0.00424. The van der Waals surface area contributed by atoms with E-state index in [0.717, 1.165) is 6.07 Å². The van der Waals surface area contributed by atoms with Gasteiger partial charge in [0.15, 0.2) is 6.10 Å². The standard InChI is InChI=1S/C13H16N2O5S/c1-3-7-15-21(18,19)11-6-4-5-10(8-11)13(17)20-9(2)12(14)16/h3-6,8-9,15H,1,7H2,2H3,(H2,14,16)/t9-/m0/s1. The highest BCUT2D eigenvalue weighted by Gasteiger charge is 2.19. The second-order valence-electron chi connectivity index (χ2n) is 4.12. The second-order valence-corrected chi connectivity index (χ2v) is 5.89. The monoisotopic (exact) mass is 312 g/mol. The van der Waals surface area contributed by atoms with Gasteiger partial charge in [-0.1, -0.05) is 12.1 Å². The number of hydrogen-bond donors (Lipinski definition) is 2. The Morgan fingerprint density at radius 3 is 2.71 bits per heavy atom. The molecule has 0 aliphatic heterocycles. The fraction of sp³-hybridized carbons (Fsp3) is 0.231. The van der Waals surface area contributed by atoms with Crippen LogP contribution in [-0.4, -0.2) is 32.9 Å². The zero-order chi connectivity index (χ0) is 16.0. The molecule has 114 valence electrons. The first-order chi connectivity index (χ1) is 9.77. The number of sulfonamides is 1. The maximum atomic E-state index is 11.9. The number of amides is 1. The molecule has 0 unspecified atom stereocenters. The van der Waals surface area contributed by atoms with Gasteiger partial charge in [0, 0.05) is 6.54 Å². The van der Waals surface area contributed by atoms with E-state index < -0.39 is 28.0 Å². The Morgan fingerprint density at radius 2 is 2.14 bits per heavy atom. The smallest absolute Gasteiger partial charge is 0.338 e. The molecule has 0 radical (unpaired) electrons. The molecule has 7 nitrogen and oxygen atoms in total. The third-order valence-corrected chi connectivity index (χ3v) is 3.90. The summed E-state index contributed by atoms with van der Waals surface area (Å²) in [5.41, 5.74) is 4.99. The highest BCUT2D eigenvalue weighted by atomic mass is 32.2. The van der Waals surface area contributed by atoms with E-state index in [4.69, 9.17) is 10.5 Å². The lowest BCUT2D eigenvalue weighted by Gasteiger charge is -2.10. The van der Waals surface area contributed by atoms with Gasteiger partial charge >= 0.3 is 5.97 Å². The van der Waals surface area contributed by atoms with E-state index in [1.54, 1.807) is 0 Å². The number of rotatable bonds is 7. The number of hydrogen-bond acceptors (Lipinski definition) is 5. The van der Waals surface area contributed by atoms with E-state index in [1.165, 1.54) is 31.2 Å². The zero-order valence-corrected chi connectivity index (χ0v) is 12.2. The molecular weight excluding hydrogens is 296 g/mol. The number of nitrogens with two attached hydrogens (primary N) is 1. The third-order valence-electron chi connectivity index (χ3n) is 2.48. The summed E-state index contributed by atoms with van der Waals surface area (Å²) in [6, 6.07) is 5.26. The van der Waals surface area contributed by atoms with Crippen LogP contribution in [0.2, 0.25) is 0 Å². The molecule has 0 bridgehead atoms. The maximum Gasteiger partial charge on any atom is 0.338 e. The predicted molar refractivity (Wildman–Crippen MR) is 75.9 cm³/mol. The zero-order valence-electron chi connectivity index (χ0n) is 11.4. The Balaban J connectivity index is 2.98. The number of carbonyl (C=O) groups excluding carboxylic acids is 2. The molecule has 0 aliphatic rings. The highest BCUT2D eigenvalue weighted by Crippen LogP contribution is 2.13. The number of ether oxygens (including phenoxy) is 1. The van der Waals surface area contributed by atoms with Gasteiger partial charge in [-0.2, -0.15) is 0 Å². The summed E-state index contributed by atoms with van der Waals surface area (Å²) >= 11 is 0. The minimum atomic E-state index is -3.74. The summed E-state index contributed by atoms with van der Waals surface area (Å²) in [7, 11) is -3.74. The van der Waals surface area contributed by atoms with Crippen molar-refractivity contribution in [1.82, 2.24) is 4.72 Å². The van der Waals surface area contributed by atoms with Crippen LogP contribution in [0, 0.1) is 0 Å². The summed E-state index contributed by atoms with van der Waals surface area (Å²) in [5, 5.41) is 0. The Morgan fingerprint density at radius 1 is 1.48 bits per heavy atom. The quantitative estimate of drug-likeness (QED) is 0.550. The molecule has 1 atom stereocenters. The van der Waals surface area contributed by atoms with Gasteiger partial charge in [-0.25, -0.2) is 17.9 Å². The van der Waals surface area contributed by atoms with Crippen molar-refractivity contribution in [3.8, 4) is 0 Å². The van der Waals surface area contributed by atoms with E-state index >= 15 is 0 Å². The fourth-order valence-corrected chi connectivity index (χ4v) is 2.37. The minimum Gasteiger partial charge on any atom is -0.449 e. The van der Waals surface area contributed by atoms with Gasteiger partial charge in [-0.3, -0.25) is 4.79 Å². The molecule has 3 N–H and O–H groups in total. The molecule has 1 aromatic carbocycles. The van der Waals surface area contributed by atoms with Crippen LogP contribution in [0.15, 0.2) is 41.8 Å². The highest BCUT2D eigenvalue weighted by molar-refractivity contribution is 7.89. The van der Waals surface area contributed by atoms with E-state index in [-0.39, 0.29) is 17.0 Å². The second kappa shape index (κ2) is 7.00. The van der Waals surface area contributed by atoms with Gasteiger partial charge in [0.25, 0.3) is 5.91 Å². The van der Waals surface area contributed by atoms with Crippen LogP contribution in [0.4, 0.5) is 0 Å². The molecule has 0 saturated heterocycles. The van der Waals surface area contributed by atoms with Crippen LogP contribution < -0.4 is 10.5 Å². The molecule has 8 heteroatoms. The van der Waals surface area contributed by atoms with E-state index in [0.29, 0.717) is 0 Å². The van der Waals surface area contributed by atoms with Crippen molar-refractivity contribution in [2.45, 2.75) is 17.9 Å². The van der Waals surface area contributed by atoms with Gasteiger partial charge in [0.05, 0.1) is 10.5 Å². The topological polar surface area (TPSA) is 116 Å². The molecule has 1 amide bonds. The lowest BCUT2D eigenvalue weighted by Crippen LogP contribution is -2.30.